The van der Waals surface area contributed by atoms with Crippen LogP contribution in [0.2, 0.25) is 0 Å². The van der Waals surface area contributed by atoms with Crippen LogP contribution < -0.4 is 20.1 Å². The van der Waals surface area contributed by atoms with E-state index in [0.717, 1.165) is 33.9 Å². The quantitative estimate of drug-likeness (QED) is 0.642. The summed E-state index contributed by atoms with van der Waals surface area (Å²) in [4.78, 5) is 10.00. The van der Waals surface area contributed by atoms with E-state index in [0.29, 0.717) is 19.7 Å². The first-order valence-corrected chi connectivity index (χ1v) is 8.88. The number of fused-ring (bicyclic) bond motifs is 1. The molecule has 2 aromatic rings. The van der Waals surface area contributed by atoms with Crippen LogP contribution in [0, 0.1) is 6.92 Å². The number of benzene rings is 1. The molecule has 0 saturated carbocycles. The molecule has 1 aliphatic rings. The average Bonchev–Trinajstić information content (AvgIpc) is 3.02. The number of hydrogen-bond acceptors (Lipinski definition) is 5. The highest BCUT2D eigenvalue weighted by Crippen LogP contribution is 2.30. The Bertz CT molecular complexity index is 701. The van der Waals surface area contributed by atoms with Crippen molar-refractivity contribution in [3.63, 3.8) is 0 Å². The van der Waals surface area contributed by atoms with Crippen molar-refractivity contribution in [1.82, 2.24) is 15.6 Å². The summed E-state index contributed by atoms with van der Waals surface area (Å²) in [5.41, 5.74) is 0. The Morgan fingerprint density at radius 1 is 1.33 bits per heavy atom. The third kappa shape index (κ3) is 4.38. The predicted octanol–water partition coefficient (Wildman–Crippen LogP) is 2.35. The molecule has 24 heavy (non-hydrogen) atoms. The SMILES string of the molecule is CCNC(=NCc1cnc(C)s1)NCC1COc2ccccc2O1. The summed E-state index contributed by atoms with van der Waals surface area (Å²) in [5.74, 6) is 2.36. The van der Waals surface area contributed by atoms with Crippen LogP contribution in [-0.2, 0) is 6.54 Å². The number of rotatable bonds is 5. The number of aromatic nitrogens is 1. The largest absolute Gasteiger partial charge is 0.486 e. The van der Waals surface area contributed by atoms with E-state index < -0.39 is 0 Å². The van der Waals surface area contributed by atoms with E-state index in [-0.39, 0.29) is 6.10 Å². The van der Waals surface area contributed by atoms with Crippen molar-refractivity contribution in [2.24, 2.45) is 4.99 Å². The van der Waals surface area contributed by atoms with E-state index in [1.54, 1.807) is 11.3 Å². The monoisotopic (exact) mass is 346 g/mol. The molecule has 0 saturated heterocycles. The Morgan fingerprint density at radius 3 is 2.92 bits per heavy atom. The molecule has 6 nitrogen and oxygen atoms in total. The first-order chi connectivity index (χ1) is 11.7. The summed E-state index contributed by atoms with van der Waals surface area (Å²) in [6, 6.07) is 7.73. The van der Waals surface area contributed by atoms with Gasteiger partial charge in [-0.2, -0.15) is 0 Å². The molecule has 0 bridgehead atoms. The molecule has 0 spiro atoms. The molecule has 0 fully saturated rings. The van der Waals surface area contributed by atoms with Crippen molar-refractivity contribution in [3.8, 4) is 11.5 Å². The molecular formula is C17H22N4O2S. The van der Waals surface area contributed by atoms with Crippen LogP contribution in [0.4, 0.5) is 0 Å². The van der Waals surface area contributed by atoms with Crippen LogP contribution in [0.5, 0.6) is 11.5 Å². The number of ether oxygens (including phenoxy) is 2. The average molecular weight is 346 g/mol. The van der Waals surface area contributed by atoms with Gasteiger partial charge in [0.05, 0.1) is 18.1 Å². The van der Waals surface area contributed by atoms with Crippen LogP contribution in [0.1, 0.15) is 16.8 Å². The fourth-order valence-corrected chi connectivity index (χ4v) is 3.07. The second-order valence-corrected chi connectivity index (χ2v) is 6.74. The molecule has 3 rings (SSSR count). The number of guanidine groups is 1. The third-order valence-corrected chi connectivity index (χ3v) is 4.37. The van der Waals surface area contributed by atoms with E-state index in [9.17, 15) is 0 Å². The molecule has 7 heteroatoms. The van der Waals surface area contributed by atoms with Crippen molar-refractivity contribution in [3.05, 3.63) is 40.3 Å². The summed E-state index contributed by atoms with van der Waals surface area (Å²) in [5, 5.41) is 7.62. The Morgan fingerprint density at radius 2 is 2.17 bits per heavy atom. The van der Waals surface area contributed by atoms with Gasteiger partial charge in [-0.25, -0.2) is 9.98 Å². The highest BCUT2D eigenvalue weighted by atomic mass is 32.1. The van der Waals surface area contributed by atoms with Crippen molar-refractivity contribution >= 4 is 17.3 Å². The van der Waals surface area contributed by atoms with Crippen molar-refractivity contribution in [1.29, 1.82) is 0 Å². The number of para-hydroxylation sites is 2. The Balaban J connectivity index is 1.54. The zero-order valence-corrected chi connectivity index (χ0v) is 14.7. The van der Waals surface area contributed by atoms with Crippen molar-refractivity contribution in [2.45, 2.75) is 26.5 Å². The smallest absolute Gasteiger partial charge is 0.191 e. The van der Waals surface area contributed by atoms with Gasteiger partial charge in [0.2, 0.25) is 0 Å². The van der Waals surface area contributed by atoms with Gasteiger partial charge in [0.25, 0.3) is 0 Å². The Kier molecular flexibility index (Phi) is 5.53. The highest BCUT2D eigenvalue weighted by molar-refractivity contribution is 7.11. The first kappa shape index (κ1) is 16.6. The molecular weight excluding hydrogens is 324 g/mol. The molecule has 2 N–H and O–H groups in total. The second-order valence-electron chi connectivity index (χ2n) is 5.42. The second kappa shape index (κ2) is 8.01. The zero-order chi connectivity index (χ0) is 16.8. The molecule has 0 amide bonds. The van der Waals surface area contributed by atoms with Gasteiger partial charge in [-0.1, -0.05) is 12.1 Å². The molecule has 128 valence electrons. The van der Waals surface area contributed by atoms with Crippen LogP contribution in [0.15, 0.2) is 35.5 Å². The van der Waals surface area contributed by atoms with Gasteiger partial charge in [-0.15, -0.1) is 11.3 Å². The van der Waals surface area contributed by atoms with Gasteiger partial charge >= 0.3 is 0 Å². The van der Waals surface area contributed by atoms with Crippen LogP contribution in [0.25, 0.3) is 0 Å². The maximum atomic E-state index is 5.95. The fourth-order valence-electron chi connectivity index (χ4n) is 2.35. The minimum absolute atomic E-state index is 0.0468. The molecule has 0 aliphatic carbocycles. The lowest BCUT2D eigenvalue weighted by atomic mass is 10.2. The van der Waals surface area contributed by atoms with E-state index in [2.05, 4.69) is 20.6 Å². The maximum absolute atomic E-state index is 5.95. The van der Waals surface area contributed by atoms with Crippen molar-refractivity contribution in [2.75, 3.05) is 19.7 Å². The summed E-state index contributed by atoms with van der Waals surface area (Å²) in [6.07, 6.45) is 1.83. The van der Waals surface area contributed by atoms with E-state index >= 15 is 0 Å². The van der Waals surface area contributed by atoms with Gasteiger partial charge in [0, 0.05) is 17.6 Å². The molecule has 1 unspecified atom stereocenters. The molecule has 2 heterocycles. The molecule has 1 aliphatic heterocycles. The lowest BCUT2D eigenvalue weighted by Crippen LogP contribution is -2.45. The standard InChI is InChI=1S/C17H22N4O2S/c1-3-18-17(21-10-14-9-19-12(2)24-14)20-8-13-11-22-15-6-4-5-7-16(15)23-13/h4-7,9,13H,3,8,10-11H2,1-2H3,(H2,18,20,21). The Hall–Kier alpha value is -2.28. The highest BCUT2D eigenvalue weighted by Gasteiger charge is 2.20. The summed E-state index contributed by atoms with van der Waals surface area (Å²) in [7, 11) is 0. The van der Waals surface area contributed by atoms with Crippen LogP contribution in [0.3, 0.4) is 0 Å². The summed E-state index contributed by atoms with van der Waals surface area (Å²) < 4.78 is 11.7. The predicted molar refractivity (Wildman–Crippen MR) is 96.0 cm³/mol. The summed E-state index contributed by atoms with van der Waals surface area (Å²) >= 11 is 1.67. The number of nitrogens with one attached hydrogen (secondary N) is 2. The lowest BCUT2D eigenvalue weighted by Gasteiger charge is -2.27. The third-order valence-electron chi connectivity index (χ3n) is 3.47. The van der Waals surface area contributed by atoms with Gasteiger partial charge in [-0.3, -0.25) is 0 Å². The van der Waals surface area contributed by atoms with Gasteiger partial charge in [0.1, 0.15) is 12.7 Å². The lowest BCUT2D eigenvalue weighted by molar-refractivity contribution is 0.0936. The Labute approximate surface area is 145 Å². The van der Waals surface area contributed by atoms with Gasteiger partial charge < -0.3 is 20.1 Å². The minimum Gasteiger partial charge on any atom is -0.486 e. The number of nitrogens with zero attached hydrogens (tertiary/aromatic N) is 2. The minimum atomic E-state index is -0.0468. The van der Waals surface area contributed by atoms with E-state index in [4.69, 9.17) is 9.47 Å². The normalized spacial score (nSPS) is 16.8. The number of aryl methyl sites for hydroxylation is 1. The molecule has 1 atom stereocenters. The van der Waals surface area contributed by atoms with Gasteiger partial charge in [-0.05, 0) is 26.0 Å². The first-order valence-electron chi connectivity index (χ1n) is 8.06. The number of thiazole rings is 1. The van der Waals surface area contributed by atoms with Crippen LogP contribution in [-0.4, -0.2) is 36.7 Å². The maximum Gasteiger partial charge on any atom is 0.191 e. The number of aliphatic imine (C=N–C) groups is 1. The van der Waals surface area contributed by atoms with E-state index in [1.807, 2.05) is 44.3 Å². The van der Waals surface area contributed by atoms with E-state index in [1.165, 1.54) is 0 Å². The van der Waals surface area contributed by atoms with Crippen LogP contribution >= 0.6 is 11.3 Å². The summed E-state index contributed by atoms with van der Waals surface area (Å²) in [6.45, 7) is 6.62. The van der Waals surface area contributed by atoms with Gasteiger partial charge in [0.15, 0.2) is 17.5 Å². The molecule has 1 aromatic carbocycles. The fraction of sp³-hybridized carbons (Fsp3) is 0.412. The topological polar surface area (TPSA) is 67.8 Å². The molecule has 1 aromatic heterocycles. The molecule has 0 radical (unpaired) electrons. The zero-order valence-electron chi connectivity index (χ0n) is 13.9. The van der Waals surface area contributed by atoms with Crippen molar-refractivity contribution < 1.29 is 9.47 Å². The number of hydrogen-bond donors (Lipinski definition) is 2.